The standard InChI is InChI=1S/C11H19NO/c1-10(2,3)9(13)8-4-11(5-8)6-12-7-11/h8,12H,4-7H2,1-3H3. The maximum Gasteiger partial charge on any atom is 0.141 e. The first-order valence-corrected chi connectivity index (χ1v) is 5.18. The summed E-state index contributed by atoms with van der Waals surface area (Å²) in [6.45, 7) is 8.36. The van der Waals surface area contributed by atoms with Gasteiger partial charge in [0.1, 0.15) is 5.78 Å². The van der Waals surface area contributed by atoms with E-state index in [0.717, 1.165) is 25.9 Å². The summed E-state index contributed by atoms with van der Waals surface area (Å²) in [5, 5.41) is 3.29. The van der Waals surface area contributed by atoms with E-state index in [1.54, 1.807) is 0 Å². The number of ketones is 1. The van der Waals surface area contributed by atoms with Crippen LogP contribution in [0.25, 0.3) is 0 Å². The number of carbonyl (C=O) groups excluding carboxylic acids is 1. The zero-order valence-corrected chi connectivity index (χ0v) is 8.81. The number of rotatable bonds is 1. The van der Waals surface area contributed by atoms with Gasteiger partial charge in [0.25, 0.3) is 0 Å². The number of carbonyl (C=O) groups is 1. The largest absolute Gasteiger partial charge is 0.316 e. The Bertz CT molecular complexity index is 227. The van der Waals surface area contributed by atoms with E-state index < -0.39 is 0 Å². The lowest BCUT2D eigenvalue weighted by atomic mass is 9.55. The van der Waals surface area contributed by atoms with Gasteiger partial charge in [-0.25, -0.2) is 0 Å². The van der Waals surface area contributed by atoms with Crippen LogP contribution in [0.1, 0.15) is 33.6 Å². The Balaban J connectivity index is 1.89. The van der Waals surface area contributed by atoms with Crippen molar-refractivity contribution in [1.29, 1.82) is 0 Å². The molecule has 1 saturated heterocycles. The average molecular weight is 181 g/mol. The van der Waals surface area contributed by atoms with E-state index >= 15 is 0 Å². The van der Waals surface area contributed by atoms with Crippen molar-refractivity contribution in [3.8, 4) is 0 Å². The topological polar surface area (TPSA) is 29.1 Å². The Morgan fingerprint density at radius 3 is 2.15 bits per heavy atom. The molecule has 2 fully saturated rings. The van der Waals surface area contributed by atoms with Gasteiger partial charge in [-0.1, -0.05) is 20.8 Å². The third-order valence-corrected chi connectivity index (χ3v) is 3.47. The second-order valence-corrected chi connectivity index (χ2v) is 5.82. The van der Waals surface area contributed by atoms with Crippen LogP contribution in [0, 0.1) is 16.7 Å². The van der Waals surface area contributed by atoms with E-state index in [1.807, 2.05) is 20.8 Å². The zero-order chi connectivity index (χ0) is 9.69. The van der Waals surface area contributed by atoms with Gasteiger partial charge in [0, 0.05) is 24.4 Å². The van der Waals surface area contributed by atoms with Crippen molar-refractivity contribution in [2.24, 2.45) is 16.7 Å². The second kappa shape index (κ2) is 2.57. The summed E-state index contributed by atoms with van der Waals surface area (Å²) in [4.78, 5) is 11.9. The van der Waals surface area contributed by atoms with Crippen LogP contribution in [-0.4, -0.2) is 18.9 Å². The number of hydrogen-bond acceptors (Lipinski definition) is 2. The molecule has 0 bridgehead atoms. The molecule has 74 valence electrons. The highest BCUT2D eigenvalue weighted by Crippen LogP contribution is 2.50. The van der Waals surface area contributed by atoms with Crippen molar-refractivity contribution in [3.05, 3.63) is 0 Å². The Hall–Kier alpha value is -0.370. The van der Waals surface area contributed by atoms with Crippen molar-refractivity contribution in [1.82, 2.24) is 5.32 Å². The lowest BCUT2D eigenvalue weighted by Crippen LogP contribution is -2.62. The van der Waals surface area contributed by atoms with Gasteiger partial charge in [0.15, 0.2) is 0 Å². The highest BCUT2D eigenvalue weighted by Gasteiger charge is 2.52. The fraction of sp³-hybridized carbons (Fsp3) is 0.909. The molecule has 0 aromatic carbocycles. The van der Waals surface area contributed by atoms with Gasteiger partial charge < -0.3 is 5.32 Å². The van der Waals surface area contributed by atoms with E-state index in [0.29, 0.717) is 17.1 Å². The number of nitrogens with one attached hydrogen (secondary N) is 1. The summed E-state index contributed by atoms with van der Waals surface area (Å²) in [5.41, 5.74) is 0.398. The molecular weight excluding hydrogens is 162 g/mol. The van der Waals surface area contributed by atoms with Crippen LogP contribution in [0.3, 0.4) is 0 Å². The summed E-state index contributed by atoms with van der Waals surface area (Å²) in [5.74, 6) is 0.826. The fourth-order valence-corrected chi connectivity index (χ4v) is 2.55. The molecule has 0 radical (unpaired) electrons. The lowest BCUT2D eigenvalue weighted by molar-refractivity contribution is -0.140. The Labute approximate surface area is 80.1 Å². The van der Waals surface area contributed by atoms with Crippen LogP contribution >= 0.6 is 0 Å². The molecule has 2 rings (SSSR count). The minimum atomic E-state index is -0.135. The van der Waals surface area contributed by atoms with Crippen molar-refractivity contribution >= 4 is 5.78 Å². The monoisotopic (exact) mass is 181 g/mol. The smallest absolute Gasteiger partial charge is 0.141 e. The second-order valence-electron chi connectivity index (χ2n) is 5.82. The molecule has 1 N–H and O–H groups in total. The van der Waals surface area contributed by atoms with Gasteiger partial charge in [-0.05, 0) is 18.3 Å². The third-order valence-electron chi connectivity index (χ3n) is 3.47. The van der Waals surface area contributed by atoms with Crippen molar-refractivity contribution in [3.63, 3.8) is 0 Å². The molecule has 0 unspecified atom stereocenters. The van der Waals surface area contributed by atoms with Crippen LogP contribution in [0.2, 0.25) is 0 Å². The van der Waals surface area contributed by atoms with E-state index in [4.69, 9.17) is 0 Å². The summed E-state index contributed by atoms with van der Waals surface area (Å²) < 4.78 is 0. The molecule has 1 aliphatic heterocycles. The van der Waals surface area contributed by atoms with E-state index in [-0.39, 0.29) is 5.41 Å². The first-order chi connectivity index (χ1) is 5.93. The van der Waals surface area contributed by atoms with Gasteiger partial charge in [0.05, 0.1) is 0 Å². The molecule has 0 aromatic heterocycles. The molecule has 1 saturated carbocycles. The van der Waals surface area contributed by atoms with Crippen LogP contribution in [0.15, 0.2) is 0 Å². The van der Waals surface area contributed by atoms with Crippen LogP contribution < -0.4 is 5.32 Å². The summed E-state index contributed by atoms with van der Waals surface area (Å²) in [6.07, 6.45) is 2.27. The first-order valence-electron chi connectivity index (χ1n) is 5.18. The zero-order valence-electron chi connectivity index (χ0n) is 8.81. The molecule has 1 spiro atoms. The van der Waals surface area contributed by atoms with Gasteiger partial charge in [-0.15, -0.1) is 0 Å². The predicted octanol–water partition coefficient (Wildman–Crippen LogP) is 1.60. The van der Waals surface area contributed by atoms with Gasteiger partial charge in [0.2, 0.25) is 0 Å². The van der Waals surface area contributed by atoms with Crippen LogP contribution in [0.5, 0.6) is 0 Å². The van der Waals surface area contributed by atoms with Gasteiger partial charge >= 0.3 is 0 Å². The van der Waals surface area contributed by atoms with Gasteiger partial charge in [-0.3, -0.25) is 4.79 Å². The van der Waals surface area contributed by atoms with Gasteiger partial charge in [-0.2, -0.15) is 0 Å². The number of Topliss-reactive ketones (excluding diaryl/α,β-unsaturated/α-hetero) is 1. The van der Waals surface area contributed by atoms with Crippen molar-refractivity contribution < 1.29 is 4.79 Å². The SMILES string of the molecule is CC(C)(C)C(=O)C1CC2(CNC2)C1. The lowest BCUT2D eigenvalue weighted by Gasteiger charge is -2.54. The quantitative estimate of drug-likeness (QED) is 0.665. The highest BCUT2D eigenvalue weighted by molar-refractivity contribution is 5.87. The molecule has 0 aromatic rings. The summed E-state index contributed by atoms with van der Waals surface area (Å²) >= 11 is 0. The molecule has 1 heterocycles. The minimum absolute atomic E-state index is 0.135. The first kappa shape index (κ1) is 9.20. The van der Waals surface area contributed by atoms with Crippen molar-refractivity contribution in [2.75, 3.05) is 13.1 Å². The van der Waals surface area contributed by atoms with E-state index in [1.165, 1.54) is 0 Å². The Morgan fingerprint density at radius 1 is 1.31 bits per heavy atom. The Kier molecular flexibility index (Phi) is 1.82. The van der Waals surface area contributed by atoms with Crippen LogP contribution in [0.4, 0.5) is 0 Å². The number of hydrogen-bond donors (Lipinski definition) is 1. The molecular formula is C11H19NO. The fourth-order valence-electron chi connectivity index (χ4n) is 2.55. The Morgan fingerprint density at radius 2 is 1.85 bits per heavy atom. The highest BCUT2D eigenvalue weighted by atomic mass is 16.1. The molecule has 2 aliphatic rings. The maximum absolute atomic E-state index is 11.9. The predicted molar refractivity (Wildman–Crippen MR) is 52.5 cm³/mol. The average Bonchev–Trinajstić information content (AvgIpc) is 1.78. The molecule has 13 heavy (non-hydrogen) atoms. The van der Waals surface area contributed by atoms with Crippen molar-refractivity contribution in [2.45, 2.75) is 33.6 Å². The molecule has 2 heteroatoms. The summed E-state index contributed by atoms with van der Waals surface area (Å²) in [6, 6.07) is 0. The molecule has 2 nitrogen and oxygen atoms in total. The van der Waals surface area contributed by atoms with E-state index in [9.17, 15) is 4.79 Å². The third kappa shape index (κ3) is 1.41. The maximum atomic E-state index is 11.9. The minimum Gasteiger partial charge on any atom is -0.316 e. The summed E-state index contributed by atoms with van der Waals surface area (Å²) in [7, 11) is 0. The van der Waals surface area contributed by atoms with E-state index in [2.05, 4.69) is 5.32 Å². The molecule has 1 aliphatic carbocycles. The molecule has 0 atom stereocenters. The normalized spacial score (nSPS) is 26.7. The molecule has 0 amide bonds. The van der Waals surface area contributed by atoms with Crippen LogP contribution in [-0.2, 0) is 4.79 Å².